The van der Waals surface area contributed by atoms with Crippen LogP contribution in [0.25, 0.3) is 0 Å². The third-order valence-electron chi connectivity index (χ3n) is 4.50. The molecule has 0 bridgehead atoms. The summed E-state index contributed by atoms with van der Waals surface area (Å²) < 4.78 is 5.46. The molecule has 0 aromatic heterocycles. The van der Waals surface area contributed by atoms with Crippen LogP contribution in [0.4, 0.5) is 0 Å². The number of hydrogen-bond acceptors (Lipinski definition) is 4. The van der Waals surface area contributed by atoms with Gasteiger partial charge >= 0.3 is 5.97 Å². The summed E-state index contributed by atoms with van der Waals surface area (Å²) in [6.07, 6.45) is 0. The number of ether oxygens (including phenoxy) is 1. The highest BCUT2D eigenvalue weighted by atomic mass is 35.5. The first-order valence-corrected chi connectivity index (χ1v) is 10.7. The Morgan fingerprint density at radius 1 is 1.21 bits per heavy atom. The van der Waals surface area contributed by atoms with Gasteiger partial charge in [0.05, 0.1) is 6.61 Å². The van der Waals surface area contributed by atoms with Crippen molar-refractivity contribution in [1.82, 2.24) is 4.90 Å². The molecule has 148 valence electrons. The average Bonchev–Trinajstić information content (AvgIpc) is 3.11. The molecule has 0 radical (unpaired) electrons. The highest BCUT2D eigenvalue weighted by Gasteiger charge is 2.43. The standard InChI is InChI=1S/C22H24ClNO3S/c1-14(2)12-27-22(26)19-13-28-21(17-5-4-6-18(23)11-17)24(19)20(25)16-9-7-15(3)8-10-16/h4-11,14,19,21H,12-13H2,1-3H3/t19-,21+/m0/s1. The summed E-state index contributed by atoms with van der Waals surface area (Å²) in [6, 6.07) is 14.2. The van der Waals surface area contributed by atoms with Crippen molar-refractivity contribution in [2.45, 2.75) is 32.2 Å². The molecule has 0 saturated carbocycles. The minimum atomic E-state index is -0.624. The second-order valence-corrected chi connectivity index (χ2v) is 8.91. The van der Waals surface area contributed by atoms with Gasteiger partial charge in [0.1, 0.15) is 11.4 Å². The molecule has 4 nitrogen and oxygen atoms in total. The van der Waals surface area contributed by atoms with Crippen molar-refractivity contribution in [2.24, 2.45) is 5.92 Å². The molecular weight excluding hydrogens is 394 g/mol. The zero-order chi connectivity index (χ0) is 20.3. The van der Waals surface area contributed by atoms with Gasteiger partial charge in [-0.25, -0.2) is 4.79 Å². The van der Waals surface area contributed by atoms with E-state index < -0.39 is 6.04 Å². The summed E-state index contributed by atoms with van der Waals surface area (Å²) in [4.78, 5) is 27.7. The predicted molar refractivity (Wildman–Crippen MR) is 114 cm³/mol. The maximum atomic E-state index is 13.4. The van der Waals surface area contributed by atoms with Gasteiger partial charge in [-0.3, -0.25) is 4.79 Å². The van der Waals surface area contributed by atoms with Gasteiger partial charge in [0.15, 0.2) is 0 Å². The number of esters is 1. The van der Waals surface area contributed by atoms with Gasteiger partial charge < -0.3 is 9.64 Å². The number of carbonyl (C=O) groups excluding carboxylic acids is 2. The van der Waals surface area contributed by atoms with Gasteiger partial charge in [0.25, 0.3) is 5.91 Å². The molecular formula is C22H24ClNO3S. The highest BCUT2D eigenvalue weighted by molar-refractivity contribution is 7.99. The first kappa shape index (κ1) is 20.7. The number of amides is 1. The van der Waals surface area contributed by atoms with Crippen LogP contribution >= 0.6 is 23.4 Å². The number of hydrogen-bond donors (Lipinski definition) is 0. The van der Waals surface area contributed by atoms with Crippen molar-refractivity contribution < 1.29 is 14.3 Å². The van der Waals surface area contributed by atoms with Crippen LogP contribution in [-0.4, -0.2) is 35.2 Å². The number of aryl methyl sites for hydroxylation is 1. The van der Waals surface area contributed by atoms with E-state index in [2.05, 4.69) is 0 Å². The van der Waals surface area contributed by atoms with Crippen LogP contribution in [0.1, 0.15) is 40.7 Å². The van der Waals surface area contributed by atoms with E-state index in [1.807, 2.05) is 51.1 Å². The maximum Gasteiger partial charge on any atom is 0.329 e. The first-order chi connectivity index (χ1) is 13.4. The van der Waals surface area contributed by atoms with Gasteiger partial charge in [0, 0.05) is 16.3 Å². The maximum absolute atomic E-state index is 13.4. The number of nitrogens with zero attached hydrogens (tertiary/aromatic N) is 1. The lowest BCUT2D eigenvalue weighted by Gasteiger charge is -2.29. The number of thioether (sulfide) groups is 1. The van der Waals surface area contributed by atoms with Crippen molar-refractivity contribution in [1.29, 1.82) is 0 Å². The second-order valence-electron chi connectivity index (χ2n) is 7.36. The average molecular weight is 418 g/mol. The molecule has 1 aliphatic rings. The molecule has 1 aliphatic heterocycles. The molecule has 2 aromatic carbocycles. The molecule has 1 amide bonds. The summed E-state index contributed by atoms with van der Waals surface area (Å²) in [7, 11) is 0. The molecule has 6 heteroatoms. The Labute approximate surface area is 175 Å². The van der Waals surface area contributed by atoms with E-state index in [-0.39, 0.29) is 23.2 Å². The van der Waals surface area contributed by atoms with E-state index in [4.69, 9.17) is 16.3 Å². The molecule has 2 aromatic rings. The van der Waals surface area contributed by atoms with E-state index in [0.29, 0.717) is 22.9 Å². The zero-order valence-electron chi connectivity index (χ0n) is 16.2. The third kappa shape index (κ3) is 4.70. The lowest BCUT2D eigenvalue weighted by Crippen LogP contribution is -2.44. The fraction of sp³-hybridized carbons (Fsp3) is 0.364. The number of carbonyl (C=O) groups is 2. The Hall–Kier alpha value is -1.98. The van der Waals surface area contributed by atoms with Gasteiger partial charge in [0.2, 0.25) is 0 Å². The number of benzene rings is 2. The molecule has 0 spiro atoms. The molecule has 3 rings (SSSR count). The third-order valence-corrected chi connectivity index (χ3v) is 6.06. The van der Waals surface area contributed by atoms with Gasteiger partial charge in [-0.2, -0.15) is 0 Å². The monoisotopic (exact) mass is 417 g/mol. The Bertz CT molecular complexity index is 853. The summed E-state index contributed by atoms with van der Waals surface area (Å²) >= 11 is 7.72. The lowest BCUT2D eigenvalue weighted by atomic mass is 10.1. The Morgan fingerprint density at radius 2 is 1.93 bits per heavy atom. The molecule has 1 heterocycles. The molecule has 1 saturated heterocycles. The van der Waals surface area contributed by atoms with Crippen molar-refractivity contribution in [3.05, 3.63) is 70.2 Å². The van der Waals surface area contributed by atoms with E-state index in [1.54, 1.807) is 34.9 Å². The quantitative estimate of drug-likeness (QED) is 0.634. The predicted octanol–water partition coefficient (Wildman–Crippen LogP) is 5.10. The van der Waals surface area contributed by atoms with Gasteiger partial charge in [-0.05, 0) is 42.7 Å². The van der Waals surface area contributed by atoms with Crippen molar-refractivity contribution in [2.75, 3.05) is 12.4 Å². The largest absolute Gasteiger partial charge is 0.464 e. The summed E-state index contributed by atoms with van der Waals surface area (Å²) in [5.74, 6) is 0.196. The van der Waals surface area contributed by atoms with Crippen LogP contribution < -0.4 is 0 Å². The van der Waals surface area contributed by atoms with Crippen molar-refractivity contribution in [3.63, 3.8) is 0 Å². The smallest absolute Gasteiger partial charge is 0.329 e. The van der Waals surface area contributed by atoms with Crippen molar-refractivity contribution >= 4 is 35.2 Å². The SMILES string of the molecule is Cc1ccc(C(=O)N2[C@@H](c3cccc(Cl)c3)SC[C@H]2C(=O)OCC(C)C)cc1. The van der Waals surface area contributed by atoms with Crippen LogP contribution in [-0.2, 0) is 9.53 Å². The number of rotatable bonds is 5. The molecule has 0 aliphatic carbocycles. The van der Waals surface area contributed by atoms with E-state index in [1.165, 1.54) is 0 Å². The molecule has 1 fully saturated rings. The Balaban J connectivity index is 1.93. The minimum absolute atomic E-state index is 0.179. The summed E-state index contributed by atoms with van der Waals surface area (Å²) in [5, 5.41) is 0.316. The molecule has 2 atom stereocenters. The van der Waals surface area contributed by atoms with Crippen LogP contribution in [0.5, 0.6) is 0 Å². The Morgan fingerprint density at radius 3 is 2.57 bits per heavy atom. The van der Waals surface area contributed by atoms with Gasteiger partial charge in [-0.15, -0.1) is 11.8 Å². The zero-order valence-corrected chi connectivity index (χ0v) is 17.8. The second kappa shape index (κ2) is 9.01. The van der Waals surface area contributed by atoms with Crippen molar-refractivity contribution in [3.8, 4) is 0 Å². The van der Waals surface area contributed by atoms with Crippen LogP contribution in [0.3, 0.4) is 0 Å². The fourth-order valence-electron chi connectivity index (χ4n) is 3.04. The van der Waals surface area contributed by atoms with Gasteiger partial charge in [-0.1, -0.05) is 55.3 Å². The number of halogens is 1. The van der Waals surface area contributed by atoms with E-state index >= 15 is 0 Å². The first-order valence-electron chi connectivity index (χ1n) is 9.30. The Kier molecular flexibility index (Phi) is 6.68. The minimum Gasteiger partial charge on any atom is -0.464 e. The molecule has 0 N–H and O–H groups in total. The molecule has 28 heavy (non-hydrogen) atoms. The molecule has 0 unspecified atom stereocenters. The van der Waals surface area contributed by atoms with E-state index in [9.17, 15) is 9.59 Å². The van der Waals surface area contributed by atoms with Crippen LogP contribution in [0.15, 0.2) is 48.5 Å². The summed E-state index contributed by atoms with van der Waals surface area (Å²) in [6.45, 7) is 6.29. The highest BCUT2D eigenvalue weighted by Crippen LogP contribution is 2.43. The topological polar surface area (TPSA) is 46.6 Å². The van der Waals surface area contributed by atoms with Crippen LogP contribution in [0, 0.1) is 12.8 Å². The van der Waals surface area contributed by atoms with E-state index in [0.717, 1.165) is 11.1 Å². The lowest BCUT2D eigenvalue weighted by molar-refractivity contribution is -0.149. The fourth-order valence-corrected chi connectivity index (χ4v) is 4.65. The normalized spacial score (nSPS) is 19.1. The van der Waals surface area contributed by atoms with Crippen LogP contribution in [0.2, 0.25) is 5.02 Å². The summed E-state index contributed by atoms with van der Waals surface area (Å²) in [5.41, 5.74) is 2.53.